The van der Waals surface area contributed by atoms with Crippen LogP contribution in [-0.4, -0.2) is 28.8 Å². The van der Waals surface area contributed by atoms with Crippen molar-refractivity contribution in [2.45, 2.75) is 49.4 Å². The summed E-state index contributed by atoms with van der Waals surface area (Å²) < 4.78 is 7.57. The fraction of sp³-hybridized carbons (Fsp3) is 0.310. The van der Waals surface area contributed by atoms with Gasteiger partial charge in [-0.05, 0) is 74.7 Å². The van der Waals surface area contributed by atoms with E-state index >= 15 is 0 Å². The molecule has 7 heteroatoms. The van der Waals surface area contributed by atoms with E-state index in [4.69, 9.17) is 21.3 Å². The standard InChI is InChI=1S/C29H29ClN2O2S2/c1-5-34-21-14-15-23-25(16-21)36-27(31-23)35-17-26(33)32-24-9-7-6-8-22(24)29(4,18-28(32,2)3)19-10-12-20(30)13-11-19/h6-16H,5,17-18H2,1-4H3/t29-/m0/s1. The molecule has 0 N–H and O–H groups in total. The van der Waals surface area contributed by atoms with Crippen molar-refractivity contribution >= 4 is 56.5 Å². The number of benzene rings is 3. The van der Waals surface area contributed by atoms with E-state index in [1.165, 1.54) is 17.3 Å². The number of carbonyl (C=O) groups is 1. The first-order valence-electron chi connectivity index (χ1n) is 12.1. The van der Waals surface area contributed by atoms with Gasteiger partial charge in [0.2, 0.25) is 5.91 Å². The Labute approximate surface area is 225 Å². The lowest BCUT2D eigenvalue weighted by Gasteiger charge is -2.51. The third-order valence-corrected chi connectivity index (χ3v) is 9.23. The fourth-order valence-electron chi connectivity index (χ4n) is 5.44. The summed E-state index contributed by atoms with van der Waals surface area (Å²) in [7, 11) is 0. The highest BCUT2D eigenvalue weighted by Crippen LogP contribution is 2.50. The average molecular weight is 537 g/mol. The fourth-order valence-corrected chi connectivity index (χ4v) is 7.51. The summed E-state index contributed by atoms with van der Waals surface area (Å²) in [5.41, 5.74) is 3.66. The minimum Gasteiger partial charge on any atom is -0.494 e. The zero-order valence-electron chi connectivity index (χ0n) is 20.9. The Morgan fingerprint density at radius 3 is 2.61 bits per heavy atom. The number of para-hydroxylation sites is 1. The van der Waals surface area contributed by atoms with Crippen LogP contribution in [0.2, 0.25) is 5.02 Å². The minimum atomic E-state index is -0.375. The topological polar surface area (TPSA) is 42.4 Å². The predicted octanol–water partition coefficient (Wildman–Crippen LogP) is 7.96. The third-order valence-electron chi connectivity index (χ3n) is 6.83. The molecule has 0 aliphatic carbocycles. The van der Waals surface area contributed by atoms with Crippen molar-refractivity contribution in [1.29, 1.82) is 0 Å². The number of ether oxygens (including phenoxy) is 1. The lowest BCUT2D eigenvalue weighted by molar-refractivity contribution is -0.117. The van der Waals surface area contributed by atoms with Gasteiger partial charge in [-0.1, -0.05) is 60.6 Å². The predicted molar refractivity (Wildman–Crippen MR) is 152 cm³/mol. The van der Waals surface area contributed by atoms with E-state index < -0.39 is 0 Å². The van der Waals surface area contributed by atoms with E-state index in [1.54, 1.807) is 11.3 Å². The first-order valence-corrected chi connectivity index (χ1v) is 14.2. The number of aromatic nitrogens is 1. The van der Waals surface area contributed by atoms with Crippen LogP contribution in [-0.2, 0) is 10.2 Å². The van der Waals surface area contributed by atoms with E-state index in [2.05, 4.69) is 51.1 Å². The number of hydrogen-bond acceptors (Lipinski definition) is 5. The summed E-state index contributed by atoms with van der Waals surface area (Å²) in [6.45, 7) is 9.19. The van der Waals surface area contributed by atoms with Gasteiger partial charge in [-0.25, -0.2) is 4.98 Å². The molecular weight excluding hydrogens is 508 g/mol. The molecule has 0 bridgehead atoms. The number of hydrogen-bond donors (Lipinski definition) is 0. The molecule has 4 aromatic rings. The molecule has 0 unspecified atom stereocenters. The Morgan fingerprint density at radius 1 is 1.11 bits per heavy atom. The van der Waals surface area contributed by atoms with Crippen molar-refractivity contribution in [3.63, 3.8) is 0 Å². The first-order chi connectivity index (χ1) is 17.2. The second-order valence-electron chi connectivity index (χ2n) is 9.91. The molecule has 0 saturated heterocycles. The highest BCUT2D eigenvalue weighted by atomic mass is 35.5. The van der Waals surface area contributed by atoms with E-state index in [1.807, 2.05) is 48.2 Å². The van der Waals surface area contributed by atoms with Gasteiger partial charge in [-0.15, -0.1) is 11.3 Å². The van der Waals surface area contributed by atoms with Crippen LogP contribution in [0.3, 0.4) is 0 Å². The Morgan fingerprint density at radius 2 is 1.86 bits per heavy atom. The van der Waals surface area contributed by atoms with Crippen LogP contribution in [0.15, 0.2) is 71.1 Å². The van der Waals surface area contributed by atoms with Gasteiger partial charge in [-0.3, -0.25) is 4.79 Å². The zero-order chi connectivity index (χ0) is 25.5. The molecule has 1 amide bonds. The van der Waals surface area contributed by atoms with Gasteiger partial charge in [0, 0.05) is 21.7 Å². The van der Waals surface area contributed by atoms with Crippen LogP contribution in [0.4, 0.5) is 5.69 Å². The van der Waals surface area contributed by atoms with Gasteiger partial charge in [0.05, 0.1) is 22.6 Å². The summed E-state index contributed by atoms with van der Waals surface area (Å²) >= 11 is 9.29. The Kier molecular flexibility index (Phi) is 6.79. The molecule has 1 atom stereocenters. The summed E-state index contributed by atoms with van der Waals surface area (Å²) in [5, 5.41) is 0.725. The van der Waals surface area contributed by atoms with Crippen LogP contribution in [0, 0.1) is 0 Å². The molecule has 0 saturated carbocycles. The summed E-state index contributed by atoms with van der Waals surface area (Å²) in [6.07, 6.45) is 0.802. The normalized spacial score (nSPS) is 18.8. The van der Waals surface area contributed by atoms with Crippen molar-refractivity contribution in [3.05, 3.63) is 82.9 Å². The highest BCUT2D eigenvalue weighted by molar-refractivity contribution is 8.01. The molecule has 3 aromatic carbocycles. The van der Waals surface area contributed by atoms with Gasteiger partial charge in [0.25, 0.3) is 0 Å². The summed E-state index contributed by atoms with van der Waals surface area (Å²) in [4.78, 5) is 20.5. The van der Waals surface area contributed by atoms with Gasteiger partial charge in [0.15, 0.2) is 4.34 Å². The number of carbonyl (C=O) groups excluding carboxylic acids is 1. The van der Waals surface area contributed by atoms with Crippen LogP contribution >= 0.6 is 34.7 Å². The van der Waals surface area contributed by atoms with E-state index in [0.717, 1.165) is 43.0 Å². The zero-order valence-corrected chi connectivity index (χ0v) is 23.3. The number of nitrogens with zero attached hydrogens (tertiary/aromatic N) is 2. The average Bonchev–Trinajstić information content (AvgIpc) is 3.25. The number of amides is 1. The third kappa shape index (κ3) is 4.62. The Bertz CT molecular complexity index is 1420. The number of anilines is 1. The maximum absolute atomic E-state index is 13.7. The Hall–Kier alpha value is -2.54. The van der Waals surface area contributed by atoms with Crippen molar-refractivity contribution < 1.29 is 9.53 Å². The van der Waals surface area contributed by atoms with Gasteiger partial charge in [0.1, 0.15) is 5.75 Å². The van der Waals surface area contributed by atoms with Crippen LogP contribution in [0.25, 0.3) is 10.2 Å². The maximum Gasteiger partial charge on any atom is 0.237 e. The summed E-state index contributed by atoms with van der Waals surface area (Å²) in [5.74, 6) is 1.26. The smallest absolute Gasteiger partial charge is 0.237 e. The number of rotatable bonds is 6. The number of halogens is 1. The molecule has 0 spiro atoms. The van der Waals surface area contributed by atoms with Gasteiger partial charge < -0.3 is 9.64 Å². The maximum atomic E-state index is 13.7. The lowest BCUT2D eigenvalue weighted by Crippen LogP contribution is -2.56. The first kappa shape index (κ1) is 25.1. The highest BCUT2D eigenvalue weighted by Gasteiger charge is 2.47. The van der Waals surface area contributed by atoms with Crippen LogP contribution in [0.1, 0.15) is 45.2 Å². The SMILES string of the molecule is CCOc1ccc2nc(SCC(=O)N3c4ccccc4[C@](C)(c4ccc(Cl)cc4)CC3(C)C)sc2c1. The monoisotopic (exact) mass is 536 g/mol. The van der Waals surface area contributed by atoms with Crippen LogP contribution < -0.4 is 9.64 Å². The summed E-state index contributed by atoms with van der Waals surface area (Å²) in [6, 6.07) is 22.3. The number of thiazole rings is 1. The largest absolute Gasteiger partial charge is 0.494 e. The van der Waals surface area contributed by atoms with Crippen molar-refractivity contribution in [2.75, 3.05) is 17.3 Å². The molecule has 1 aliphatic rings. The van der Waals surface area contributed by atoms with E-state index in [-0.39, 0.29) is 16.9 Å². The second kappa shape index (κ2) is 9.73. The van der Waals surface area contributed by atoms with E-state index in [0.29, 0.717) is 12.4 Å². The molecular formula is C29H29ClN2O2S2. The van der Waals surface area contributed by atoms with Crippen molar-refractivity contribution in [1.82, 2.24) is 4.98 Å². The quantitative estimate of drug-likeness (QED) is 0.234. The molecule has 0 fully saturated rings. The lowest BCUT2D eigenvalue weighted by atomic mass is 9.65. The number of thioether (sulfide) groups is 1. The molecule has 1 aromatic heterocycles. The van der Waals surface area contributed by atoms with Crippen molar-refractivity contribution in [3.8, 4) is 5.75 Å². The van der Waals surface area contributed by atoms with Gasteiger partial charge >= 0.3 is 0 Å². The number of fused-ring (bicyclic) bond motifs is 2. The molecule has 5 rings (SSSR count). The molecule has 186 valence electrons. The van der Waals surface area contributed by atoms with Crippen molar-refractivity contribution in [2.24, 2.45) is 0 Å². The van der Waals surface area contributed by atoms with Crippen LogP contribution in [0.5, 0.6) is 5.75 Å². The molecule has 36 heavy (non-hydrogen) atoms. The van der Waals surface area contributed by atoms with E-state index in [9.17, 15) is 4.79 Å². The minimum absolute atomic E-state index is 0.0878. The molecule has 0 radical (unpaired) electrons. The Balaban J connectivity index is 1.42. The molecule has 1 aliphatic heterocycles. The molecule has 4 nitrogen and oxygen atoms in total. The van der Waals surface area contributed by atoms with Gasteiger partial charge in [-0.2, -0.15) is 0 Å². The molecule has 2 heterocycles. The second-order valence-corrected chi connectivity index (χ2v) is 12.6.